The number of carboxylic acids is 1. The Morgan fingerprint density at radius 3 is 2.53 bits per heavy atom. The van der Waals surface area contributed by atoms with Crippen LogP contribution in [0.15, 0.2) is 24.5 Å². The summed E-state index contributed by atoms with van der Waals surface area (Å²) in [4.78, 5) is 28.7. The van der Waals surface area contributed by atoms with E-state index in [1.165, 1.54) is 0 Å². The minimum Gasteiger partial charge on any atom is -0.481 e. The molecule has 2 rings (SSSR count). The Bertz CT molecular complexity index is 461. The lowest BCUT2D eigenvalue weighted by Crippen LogP contribution is -2.31. The SMILES string of the molecule is CN(Cc1ccncc1)C(=O)C1CCC(C(=O)O)C1. The van der Waals surface area contributed by atoms with Crippen LogP contribution in [-0.2, 0) is 16.1 Å². The van der Waals surface area contributed by atoms with Crippen LogP contribution < -0.4 is 0 Å². The molecule has 2 unspecified atom stereocenters. The molecule has 0 saturated heterocycles. The molecule has 1 saturated carbocycles. The quantitative estimate of drug-likeness (QED) is 0.893. The molecule has 1 aromatic rings. The zero-order valence-electron chi connectivity index (χ0n) is 11.0. The van der Waals surface area contributed by atoms with Crippen molar-refractivity contribution in [3.63, 3.8) is 0 Å². The highest BCUT2D eigenvalue weighted by atomic mass is 16.4. The van der Waals surface area contributed by atoms with E-state index < -0.39 is 5.97 Å². The number of aromatic nitrogens is 1. The third kappa shape index (κ3) is 3.30. The highest BCUT2D eigenvalue weighted by Gasteiger charge is 2.34. The van der Waals surface area contributed by atoms with E-state index in [4.69, 9.17) is 5.11 Å². The number of hydrogen-bond donors (Lipinski definition) is 1. The van der Waals surface area contributed by atoms with Crippen molar-refractivity contribution in [3.8, 4) is 0 Å². The van der Waals surface area contributed by atoms with Gasteiger partial charge in [-0.3, -0.25) is 14.6 Å². The highest BCUT2D eigenvalue weighted by molar-refractivity contribution is 5.80. The third-order valence-electron chi connectivity index (χ3n) is 3.68. The predicted octanol–water partition coefficient (Wildman–Crippen LogP) is 1.54. The average molecular weight is 262 g/mol. The minimum absolute atomic E-state index is 0.0422. The molecule has 102 valence electrons. The summed E-state index contributed by atoms with van der Waals surface area (Å²) >= 11 is 0. The summed E-state index contributed by atoms with van der Waals surface area (Å²) in [5, 5.41) is 8.95. The monoisotopic (exact) mass is 262 g/mol. The Hall–Kier alpha value is -1.91. The smallest absolute Gasteiger partial charge is 0.306 e. The van der Waals surface area contributed by atoms with Crippen molar-refractivity contribution in [2.24, 2.45) is 11.8 Å². The number of carbonyl (C=O) groups excluding carboxylic acids is 1. The van der Waals surface area contributed by atoms with Crippen molar-refractivity contribution in [1.29, 1.82) is 0 Å². The molecule has 0 bridgehead atoms. The van der Waals surface area contributed by atoms with E-state index in [2.05, 4.69) is 4.98 Å². The molecule has 5 nitrogen and oxygen atoms in total. The molecule has 5 heteroatoms. The van der Waals surface area contributed by atoms with E-state index in [1.54, 1.807) is 24.3 Å². The van der Waals surface area contributed by atoms with E-state index in [-0.39, 0.29) is 17.7 Å². The van der Waals surface area contributed by atoms with E-state index in [0.29, 0.717) is 25.8 Å². The van der Waals surface area contributed by atoms with Gasteiger partial charge in [0.25, 0.3) is 0 Å². The van der Waals surface area contributed by atoms with Crippen molar-refractivity contribution in [1.82, 2.24) is 9.88 Å². The zero-order chi connectivity index (χ0) is 13.8. The standard InChI is InChI=1S/C14H18N2O3/c1-16(9-10-4-6-15-7-5-10)13(17)11-2-3-12(8-11)14(18)19/h4-7,11-12H,2-3,8-9H2,1H3,(H,18,19). The van der Waals surface area contributed by atoms with Gasteiger partial charge < -0.3 is 10.0 Å². The van der Waals surface area contributed by atoms with E-state index in [0.717, 1.165) is 5.56 Å². The summed E-state index contributed by atoms with van der Waals surface area (Å²) in [7, 11) is 1.76. The zero-order valence-corrected chi connectivity index (χ0v) is 11.0. The summed E-state index contributed by atoms with van der Waals surface area (Å²) in [5.74, 6) is -1.25. The molecule has 2 atom stereocenters. The maximum Gasteiger partial charge on any atom is 0.306 e. The van der Waals surface area contributed by atoms with Crippen LogP contribution >= 0.6 is 0 Å². The molecule has 0 aromatic carbocycles. The van der Waals surface area contributed by atoms with Crippen molar-refractivity contribution in [2.45, 2.75) is 25.8 Å². The van der Waals surface area contributed by atoms with Gasteiger partial charge in [-0.1, -0.05) is 0 Å². The fourth-order valence-electron chi connectivity index (χ4n) is 2.58. The van der Waals surface area contributed by atoms with Gasteiger partial charge in [0.1, 0.15) is 0 Å². The fourth-order valence-corrected chi connectivity index (χ4v) is 2.58. The van der Waals surface area contributed by atoms with Gasteiger partial charge in [-0.2, -0.15) is 0 Å². The van der Waals surface area contributed by atoms with Gasteiger partial charge in [-0.15, -0.1) is 0 Å². The first-order valence-corrected chi connectivity index (χ1v) is 6.44. The Kier molecular flexibility index (Phi) is 4.14. The Morgan fingerprint density at radius 1 is 1.32 bits per heavy atom. The van der Waals surface area contributed by atoms with Crippen LogP contribution in [-0.4, -0.2) is 33.9 Å². The summed E-state index contributed by atoms with van der Waals surface area (Å²) in [6, 6.07) is 3.75. The molecular weight excluding hydrogens is 244 g/mol. The van der Waals surface area contributed by atoms with Crippen LogP contribution in [0.1, 0.15) is 24.8 Å². The summed E-state index contributed by atoms with van der Waals surface area (Å²) in [6.45, 7) is 0.537. The molecule has 1 heterocycles. The van der Waals surface area contributed by atoms with Gasteiger partial charge in [0.05, 0.1) is 5.92 Å². The minimum atomic E-state index is -0.785. The van der Waals surface area contributed by atoms with Crippen molar-refractivity contribution in [2.75, 3.05) is 7.05 Å². The van der Waals surface area contributed by atoms with Crippen LogP contribution in [0.3, 0.4) is 0 Å². The molecule has 1 amide bonds. The lowest BCUT2D eigenvalue weighted by molar-refractivity contribution is -0.141. The van der Waals surface area contributed by atoms with Gasteiger partial charge in [0, 0.05) is 31.9 Å². The van der Waals surface area contributed by atoms with Crippen molar-refractivity contribution in [3.05, 3.63) is 30.1 Å². The van der Waals surface area contributed by atoms with E-state index in [9.17, 15) is 9.59 Å². The van der Waals surface area contributed by atoms with Crippen LogP contribution in [0.25, 0.3) is 0 Å². The first-order chi connectivity index (χ1) is 9.08. The van der Waals surface area contributed by atoms with Gasteiger partial charge in [0.15, 0.2) is 0 Å². The average Bonchev–Trinajstić information content (AvgIpc) is 2.88. The molecule has 0 aliphatic heterocycles. The van der Waals surface area contributed by atoms with Crippen LogP contribution in [0.5, 0.6) is 0 Å². The first-order valence-electron chi connectivity index (χ1n) is 6.44. The maximum absolute atomic E-state index is 12.2. The Morgan fingerprint density at radius 2 is 1.95 bits per heavy atom. The number of carbonyl (C=O) groups is 2. The molecule has 0 radical (unpaired) electrons. The van der Waals surface area contributed by atoms with Crippen LogP contribution in [0.4, 0.5) is 0 Å². The predicted molar refractivity (Wildman–Crippen MR) is 69.2 cm³/mol. The molecule has 19 heavy (non-hydrogen) atoms. The highest BCUT2D eigenvalue weighted by Crippen LogP contribution is 2.32. The first kappa shape index (κ1) is 13.5. The number of rotatable bonds is 4. The number of pyridine rings is 1. The largest absolute Gasteiger partial charge is 0.481 e. The Labute approximate surface area is 112 Å². The lowest BCUT2D eigenvalue weighted by Gasteiger charge is -2.21. The molecular formula is C14H18N2O3. The number of hydrogen-bond acceptors (Lipinski definition) is 3. The molecule has 1 aliphatic rings. The topological polar surface area (TPSA) is 70.5 Å². The second-order valence-electron chi connectivity index (χ2n) is 5.09. The van der Waals surface area contributed by atoms with Gasteiger partial charge >= 0.3 is 5.97 Å². The summed E-state index contributed by atoms with van der Waals surface area (Å²) in [5.41, 5.74) is 1.03. The number of amides is 1. The molecule has 1 aliphatic carbocycles. The number of aliphatic carboxylic acids is 1. The van der Waals surface area contributed by atoms with Gasteiger partial charge in [0.2, 0.25) is 5.91 Å². The molecule has 1 N–H and O–H groups in total. The second kappa shape index (κ2) is 5.82. The van der Waals surface area contributed by atoms with Crippen LogP contribution in [0, 0.1) is 11.8 Å². The normalized spacial score (nSPS) is 22.2. The molecule has 0 spiro atoms. The maximum atomic E-state index is 12.2. The van der Waals surface area contributed by atoms with Crippen molar-refractivity contribution >= 4 is 11.9 Å². The Balaban J connectivity index is 1.91. The third-order valence-corrected chi connectivity index (χ3v) is 3.68. The van der Waals surface area contributed by atoms with E-state index >= 15 is 0 Å². The van der Waals surface area contributed by atoms with Gasteiger partial charge in [-0.05, 0) is 37.0 Å². The second-order valence-corrected chi connectivity index (χ2v) is 5.09. The fraction of sp³-hybridized carbons (Fsp3) is 0.500. The summed E-state index contributed by atoms with van der Waals surface area (Å²) < 4.78 is 0. The van der Waals surface area contributed by atoms with Crippen LogP contribution in [0.2, 0.25) is 0 Å². The number of carboxylic acid groups (broad SMARTS) is 1. The molecule has 1 aromatic heterocycles. The van der Waals surface area contributed by atoms with Gasteiger partial charge in [-0.25, -0.2) is 0 Å². The number of nitrogens with zero attached hydrogens (tertiary/aromatic N) is 2. The van der Waals surface area contributed by atoms with Crippen molar-refractivity contribution < 1.29 is 14.7 Å². The molecule has 1 fully saturated rings. The summed E-state index contributed by atoms with van der Waals surface area (Å²) in [6.07, 6.45) is 5.15. The lowest BCUT2D eigenvalue weighted by atomic mass is 10.0. The van der Waals surface area contributed by atoms with E-state index in [1.807, 2.05) is 12.1 Å².